The third-order valence-electron chi connectivity index (χ3n) is 4.96. The molecule has 0 bridgehead atoms. The average molecular weight is 342 g/mol. The van der Waals surface area contributed by atoms with Crippen molar-refractivity contribution in [2.24, 2.45) is 5.73 Å². The van der Waals surface area contributed by atoms with Crippen LogP contribution < -0.4 is 16.8 Å². The van der Waals surface area contributed by atoms with Crippen LogP contribution in [0.5, 0.6) is 0 Å². The highest BCUT2D eigenvalue weighted by molar-refractivity contribution is 7.08. The quantitative estimate of drug-likeness (QED) is 0.680. The number of hydrogen-bond acceptors (Lipinski definition) is 6. The molecule has 7 heteroatoms. The first kappa shape index (κ1) is 15.4. The van der Waals surface area contributed by atoms with Crippen LogP contribution in [0.4, 0.5) is 11.5 Å². The topological polar surface area (TPSA) is 94.3 Å². The Bertz CT molecular complexity index is 846. The van der Waals surface area contributed by atoms with Gasteiger partial charge in [0.25, 0.3) is 0 Å². The summed E-state index contributed by atoms with van der Waals surface area (Å²) in [7, 11) is 1.92. The van der Waals surface area contributed by atoms with Gasteiger partial charge in [0.15, 0.2) is 5.65 Å². The lowest BCUT2D eigenvalue weighted by Crippen LogP contribution is -2.26. The summed E-state index contributed by atoms with van der Waals surface area (Å²) in [5.41, 5.74) is 17.4. The third-order valence-corrected chi connectivity index (χ3v) is 5.64. The molecule has 0 spiro atoms. The van der Waals surface area contributed by atoms with Crippen molar-refractivity contribution >= 4 is 28.5 Å². The van der Waals surface area contributed by atoms with Crippen molar-refractivity contribution in [3.63, 3.8) is 0 Å². The average Bonchev–Trinajstić information content (AvgIpc) is 3.23. The molecule has 0 aromatic carbocycles. The van der Waals surface area contributed by atoms with E-state index >= 15 is 0 Å². The third kappa shape index (κ3) is 2.44. The molecule has 0 unspecified atom stereocenters. The molecule has 126 valence electrons. The molecule has 0 atom stereocenters. The van der Waals surface area contributed by atoms with Gasteiger partial charge < -0.3 is 16.8 Å². The molecule has 24 heavy (non-hydrogen) atoms. The van der Waals surface area contributed by atoms with Crippen LogP contribution in [-0.2, 0) is 0 Å². The smallest absolute Gasteiger partial charge is 0.178 e. The summed E-state index contributed by atoms with van der Waals surface area (Å²) in [6.07, 6.45) is 6.04. The first-order valence-electron chi connectivity index (χ1n) is 8.32. The summed E-state index contributed by atoms with van der Waals surface area (Å²) < 4.78 is 1.85. The van der Waals surface area contributed by atoms with Crippen molar-refractivity contribution in [3.8, 4) is 11.3 Å². The molecule has 6 nitrogen and oxygen atoms in total. The zero-order valence-corrected chi connectivity index (χ0v) is 14.5. The Balaban J connectivity index is 1.85. The van der Waals surface area contributed by atoms with Crippen molar-refractivity contribution in [1.82, 2.24) is 14.6 Å². The normalized spacial score (nSPS) is 21.2. The van der Waals surface area contributed by atoms with E-state index in [1.807, 2.05) is 17.8 Å². The van der Waals surface area contributed by atoms with E-state index in [2.05, 4.69) is 32.2 Å². The highest BCUT2D eigenvalue weighted by Gasteiger charge is 2.27. The number of nitrogens with two attached hydrogens (primary N) is 2. The summed E-state index contributed by atoms with van der Waals surface area (Å²) in [4.78, 5) is 4.62. The first-order chi connectivity index (χ1) is 11.7. The maximum Gasteiger partial charge on any atom is 0.178 e. The van der Waals surface area contributed by atoms with Crippen LogP contribution in [-0.4, -0.2) is 27.7 Å². The molecule has 1 aliphatic carbocycles. The number of rotatable bonds is 3. The fourth-order valence-corrected chi connectivity index (χ4v) is 4.35. The molecule has 0 aliphatic heterocycles. The predicted molar refractivity (Wildman–Crippen MR) is 99.4 cm³/mol. The van der Waals surface area contributed by atoms with Gasteiger partial charge in [-0.2, -0.15) is 11.3 Å². The summed E-state index contributed by atoms with van der Waals surface area (Å²) in [5, 5.41) is 12.1. The minimum absolute atomic E-state index is 0.314. The van der Waals surface area contributed by atoms with Gasteiger partial charge in [0.05, 0.1) is 17.6 Å². The van der Waals surface area contributed by atoms with E-state index in [4.69, 9.17) is 11.5 Å². The molecule has 0 amide bonds. The molecule has 4 rings (SSSR count). The minimum atomic E-state index is 0.314. The molecule has 0 saturated heterocycles. The lowest BCUT2D eigenvalue weighted by atomic mass is 9.81. The number of nitrogen functional groups attached to an aromatic ring is 1. The number of nitrogens with zero attached hydrogens (tertiary/aromatic N) is 3. The van der Waals surface area contributed by atoms with Gasteiger partial charge in [0, 0.05) is 29.6 Å². The summed E-state index contributed by atoms with van der Waals surface area (Å²) >= 11 is 1.66. The van der Waals surface area contributed by atoms with Crippen LogP contribution in [0, 0.1) is 0 Å². The Morgan fingerprint density at radius 2 is 2.08 bits per heavy atom. The van der Waals surface area contributed by atoms with E-state index in [0.717, 1.165) is 53.8 Å². The Kier molecular flexibility index (Phi) is 3.90. The van der Waals surface area contributed by atoms with E-state index in [9.17, 15) is 0 Å². The minimum Gasteiger partial charge on any atom is -0.385 e. The number of fused-ring (bicyclic) bond motifs is 1. The molecule has 0 radical (unpaired) electrons. The van der Waals surface area contributed by atoms with E-state index in [0.29, 0.717) is 17.8 Å². The highest BCUT2D eigenvalue weighted by Crippen LogP contribution is 2.40. The van der Waals surface area contributed by atoms with Crippen LogP contribution in [0.1, 0.15) is 37.2 Å². The second kappa shape index (κ2) is 6.07. The summed E-state index contributed by atoms with van der Waals surface area (Å²) in [5.74, 6) is 0.979. The molecule has 3 heterocycles. The maximum atomic E-state index is 6.38. The van der Waals surface area contributed by atoms with Gasteiger partial charge in [0.2, 0.25) is 0 Å². The Morgan fingerprint density at radius 3 is 2.75 bits per heavy atom. The van der Waals surface area contributed by atoms with Crippen LogP contribution >= 0.6 is 11.3 Å². The van der Waals surface area contributed by atoms with Gasteiger partial charge in [-0.25, -0.2) is 9.50 Å². The Morgan fingerprint density at radius 1 is 1.29 bits per heavy atom. The van der Waals surface area contributed by atoms with Crippen molar-refractivity contribution in [1.29, 1.82) is 0 Å². The van der Waals surface area contributed by atoms with E-state index in [1.165, 1.54) is 0 Å². The van der Waals surface area contributed by atoms with Gasteiger partial charge in [-0.1, -0.05) is 0 Å². The molecular formula is C17H22N6S. The summed E-state index contributed by atoms with van der Waals surface area (Å²) in [6.45, 7) is 0. The fraction of sp³-hybridized carbons (Fsp3) is 0.412. The van der Waals surface area contributed by atoms with Crippen LogP contribution in [0.3, 0.4) is 0 Å². The van der Waals surface area contributed by atoms with Crippen molar-refractivity contribution in [2.75, 3.05) is 18.1 Å². The second-order valence-corrected chi connectivity index (χ2v) is 7.21. The Hall–Kier alpha value is -2.12. The van der Waals surface area contributed by atoms with Gasteiger partial charge in [0.1, 0.15) is 5.82 Å². The van der Waals surface area contributed by atoms with Gasteiger partial charge in [-0.15, -0.1) is 5.10 Å². The molecule has 1 saturated carbocycles. The SMILES string of the molecule is CNc1c2ncc(-c3ccsc3)n2nc(N)c1[C@H]1CC[C@H](N)CC1. The molecule has 3 aromatic heterocycles. The second-order valence-electron chi connectivity index (χ2n) is 6.43. The number of imidazole rings is 1. The van der Waals surface area contributed by atoms with E-state index < -0.39 is 0 Å². The number of hydrogen-bond donors (Lipinski definition) is 3. The number of anilines is 2. The molecular weight excluding hydrogens is 320 g/mol. The van der Waals surface area contributed by atoms with Crippen LogP contribution in [0.25, 0.3) is 16.9 Å². The van der Waals surface area contributed by atoms with Crippen molar-refractivity contribution in [2.45, 2.75) is 37.6 Å². The lowest BCUT2D eigenvalue weighted by molar-refractivity contribution is 0.396. The Labute approximate surface area is 144 Å². The summed E-state index contributed by atoms with van der Waals surface area (Å²) in [6, 6.07) is 2.38. The zero-order chi connectivity index (χ0) is 16.7. The van der Waals surface area contributed by atoms with Crippen LogP contribution in [0.2, 0.25) is 0 Å². The van der Waals surface area contributed by atoms with E-state index in [1.54, 1.807) is 11.3 Å². The zero-order valence-electron chi connectivity index (χ0n) is 13.7. The maximum absolute atomic E-state index is 6.38. The van der Waals surface area contributed by atoms with Gasteiger partial charge in [-0.05, 0) is 43.0 Å². The highest BCUT2D eigenvalue weighted by atomic mass is 32.1. The van der Waals surface area contributed by atoms with Crippen molar-refractivity contribution < 1.29 is 0 Å². The molecule has 1 aliphatic rings. The van der Waals surface area contributed by atoms with Crippen molar-refractivity contribution in [3.05, 3.63) is 28.6 Å². The molecule has 5 N–H and O–H groups in total. The number of nitrogens with one attached hydrogen (secondary N) is 1. The monoisotopic (exact) mass is 342 g/mol. The number of aromatic nitrogens is 3. The predicted octanol–water partition coefficient (Wildman–Crippen LogP) is 3.07. The molecule has 1 fully saturated rings. The van der Waals surface area contributed by atoms with Crippen LogP contribution in [0.15, 0.2) is 23.0 Å². The molecule has 3 aromatic rings. The van der Waals surface area contributed by atoms with E-state index in [-0.39, 0.29) is 0 Å². The largest absolute Gasteiger partial charge is 0.385 e. The lowest BCUT2D eigenvalue weighted by Gasteiger charge is -2.28. The van der Waals surface area contributed by atoms with Gasteiger partial charge in [-0.3, -0.25) is 0 Å². The first-order valence-corrected chi connectivity index (χ1v) is 9.26. The van der Waals surface area contributed by atoms with Gasteiger partial charge >= 0.3 is 0 Å². The standard InChI is InChI=1S/C17H22N6S/c1-20-15-14(10-2-4-12(18)5-3-10)16(19)22-23-13(8-21-17(15)23)11-6-7-24-9-11/h6-10,12,20H,2-5,18H2,1H3,(H2,19,22)/t10-,12-. The number of thiophene rings is 1. The fourth-order valence-electron chi connectivity index (χ4n) is 3.70.